The maximum Gasteiger partial charge on any atom is 0.262 e. The van der Waals surface area contributed by atoms with Crippen molar-refractivity contribution < 1.29 is 9.59 Å². The number of hydrogen-bond acceptors (Lipinski definition) is 4. The number of carbonyl (C=O) groups is 2. The molecule has 0 saturated heterocycles. The quantitative estimate of drug-likeness (QED) is 0.614. The summed E-state index contributed by atoms with van der Waals surface area (Å²) < 4.78 is 1.81. The number of rotatable bonds is 8. The molecule has 0 aliphatic carbocycles. The van der Waals surface area contributed by atoms with Crippen LogP contribution in [0.3, 0.4) is 0 Å². The van der Waals surface area contributed by atoms with Gasteiger partial charge < -0.3 is 10.6 Å². The monoisotopic (exact) mass is 396 g/mol. The fourth-order valence-corrected chi connectivity index (χ4v) is 3.43. The number of amides is 2. The second-order valence-corrected chi connectivity index (χ2v) is 7.79. The fourth-order valence-electron chi connectivity index (χ4n) is 2.81. The molecule has 6 nitrogen and oxygen atoms in total. The average Bonchev–Trinajstić information content (AvgIpc) is 3.38. The van der Waals surface area contributed by atoms with E-state index < -0.39 is 6.04 Å². The Morgan fingerprint density at radius 2 is 1.93 bits per heavy atom. The molecule has 0 bridgehead atoms. The van der Waals surface area contributed by atoms with E-state index in [1.54, 1.807) is 12.3 Å². The molecule has 1 unspecified atom stereocenters. The molecule has 1 aromatic carbocycles. The van der Waals surface area contributed by atoms with E-state index in [-0.39, 0.29) is 17.7 Å². The Balaban J connectivity index is 1.52. The third-order valence-corrected chi connectivity index (χ3v) is 5.22. The number of aromatic nitrogens is 2. The van der Waals surface area contributed by atoms with Crippen LogP contribution in [-0.4, -0.2) is 34.2 Å². The molecule has 2 heterocycles. The number of hydrogen-bond donors (Lipinski definition) is 2. The maximum absolute atomic E-state index is 12.6. The van der Waals surface area contributed by atoms with Crippen LogP contribution in [0.5, 0.6) is 0 Å². The predicted molar refractivity (Wildman–Crippen MR) is 111 cm³/mol. The van der Waals surface area contributed by atoms with E-state index in [1.165, 1.54) is 11.3 Å². The first kappa shape index (κ1) is 19.8. The standard InChI is InChI=1S/C21H24N4O2S/c1-15(2)19(24-20(26)18-9-6-12-28-18)21(27)22-11-10-16-13-23-25(14-16)17-7-4-3-5-8-17/h3-9,12-15,19H,10-11H2,1-2H3,(H,22,27)(H,24,26). The summed E-state index contributed by atoms with van der Waals surface area (Å²) in [6.07, 6.45) is 4.43. The summed E-state index contributed by atoms with van der Waals surface area (Å²) in [5, 5.41) is 12.0. The minimum absolute atomic E-state index is 0.00950. The van der Waals surface area contributed by atoms with E-state index in [2.05, 4.69) is 15.7 Å². The van der Waals surface area contributed by atoms with Crippen molar-refractivity contribution in [3.63, 3.8) is 0 Å². The Labute approximate surface area is 168 Å². The van der Waals surface area contributed by atoms with Gasteiger partial charge in [-0.2, -0.15) is 5.10 Å². The lowest BCUT2D eigenvalue weighted by molar-refractivity contribution is -0.123. The zero-order valence-corrected chi connectivity index (χ0v) is 16.8. The van der Waals surface area contributed by atoms with E-state index in [0.29, 0.717) is 17.8 Å². The van der Waals surface area contributed by atoms with Crippen molar-refractivity contribution >= 4 is 23.2 Å². The number of nitrogens with one attached hydrogen (secondary N) is 2. The maximum atomic E-state index is 12.6. The molecular formula is C21H24N4O2S. The molecule has 0 spiro atoms. The van der Waals surface area contributed by atoms with Gasteiger partial charge in [-0.1, -0.05) is 38.1 Å². The van der Waals surface area contributed by atoms with Gasteiger partial charge in [0.15, 0.2) is 0 Å². The van der Waals surface area contributed by atoms with Gasteiger partial charge in [-0.3, -0.25) is 9.59 Å². The fraction of sp³-hybridized carbons (Fsp3) is 0.286. The number of benzene rings is 1. The largest absolute Gasteiger partial charge is 0.354 e. The highest BCUT2D eigenvalue weighted by Gasteiger charge is 2.24. The van der Waals surface area contributed by atoms with Gasteiger partial charge in [0.1, 0.15) is 6.04 Å². The minimum Gasteiger partial charge on any atom is -0.354 e. The number of carbonyl (C=O) groups excluding carboxylic acids is 2. The molecule has 28 heavy (non-hydrogen) atoms. The van der Waals surface area contributed by atoms with Gasteiger partial charge in [-0.15, -0.1) is 11.3 Å². The van der Waals surface area contributed by atoms with Crippen molar-refractivity contribution in [3.8, 4) is 5.69 Å². The lowest BCUT2D eigenvalue weighted by atomic mass is 10.0. The second kappa shape index (κ2) is 9.32. The first-order valence-electron chi connectivity index (χ1n) is 9.25. The van der Waals surface area contributed by atoms with Gasteiger partial charge in [0, 0.05) is 12.7 Å². The van der Waals surface area contributed by atoms with Crippen LogP contribution in [-0.2, 0) is 11.2 Å². The molecule has 2 N–H and O–H groups in total. The summed E-state index contributed by atoms with van der Waals surface area (Å²) in [6.45, 7) is 4.32. The Morgan fingerprint density at radius 3 is 2.61 bits per heavy atom. The van der Waals surface area contributed by atoms with Crippen molar-refractivity contribution in [3.05, 3.63) is 70.7 Å². The van der Waals surface area contributed by atoms with Crippen LogP contribution >= 0.6 is 11.3 Å². The molecule has 3 aromatic rings. The van der Waals surface area contributed by atoms with Crippen LogP contribution in [0.15, 0.2) is 60.2 Å². The molecule has 0 radical (unpaired) electrons. The molecule has 3 rings (SSSR count). The minimum atomic E-state index is -0.568. The topological polar surface area (TPSA) is 76.0 Å². The van der Waals surface area contributed by atoms with Gasteiger partial charge in [-0.05, 0) is 41.5 Å². The van der Waals surface area contributed by atoms with E-state index >= 15 is 0 Å². The molecule has 7 heteroatoms. The third kappa shape index (κ3) is 5.07. The lowest BCUT2D eigenvalue weighted by Gasteiger charge is -2.21. The highest BCUT2D eigenvalue weighted by molar-refractivity contribution is 7.12. The first-order valence-corrected chi connectivity index (χ1v) is 10.1. The van der Waals surface area contributed by atoms with Gasteiger partial charge >= 0.3 is 0 Å². The van der Waals surface area contributed by atoms with Crippen LogP contribution in [0.2, 0.25) is 0 Å². The van der Waals surface area contributed by atoms with Crippen molar-refractivity contribution in [1.29, 1.82) is 0 Å². The highest BCUT2D eigenvalue weighted by Crippen LogP contribution is 2.11. The number of nitrogens with zero attached hydrogens (tertiary/aromatic N) is 2. The van der Waals surface area contributed by atoms with E-state index in [9.17, 15) is 9.59 Å². The first-order chi connectivity index (χ1) is 13.5. The average molecular weight is 397 g/mol. The summed E-state index contributed by atoms with van der Waals surface area (Å²) in [4.78, 5) is 25.4. The Kier molecular flexibility index (Phi) is 6.60. The highest BCUT2D eigenvalue weighted by atomic mass is 32.1. The smallest absolute Gasteiger partial charge is 0.262 e. The molecule has 2 amide bonds. The van der Waals surface area contributed by atoms with Crippen molar-refractivity contribution in [1.82, 2.24) is 20.4 Å². The summed E-state index contributed by atoms with van der Waals surface area (Å²) in [5.74, 6) is -0.395. The van der Waals surface area contributed by atoms with Crippen LogP contribution in [0.4, 0.5) is 0 Å². The lowest BCUT2D eigenvalue weighted by Crippen LogP contribution is -2.49. The Hall–Kier alpha value is -2.93. The second-order valence-electron chi connectivity index (χ2n) is 6.84. The molecule has 0 saturated carbocycles. The van der Waals surface area contributed by atoms with Gasteiger partial charge in [-0.25, -0.2) is 4.68 Å². The summed E-state index contributed by atoms with van der Waals surface area (Å²) in [6, 6.07) is 12.9. The molecule has 146 valence electrons. The molecule has 0 aliphatic heterocycles. The summed E-state index contributed by atoms with van der Waals surface area (Å²) in [5.41, 5.74) is 2.03. The zero-order chi connectivity index (χ0) is 19.9. The summed E-state index contributed by atoms with van der Waals surface area (Å²) >= 11 is 1.36. The molecule has 2 aromatic heterocycles. The molecular weight excluding hydrogens is 372 g/mol. The van der Waals surface area contributed by atoms with Crippen LogP contribution in [0.1, 0.15) is 29.1 Å². The third-order valence-electron chi connectivity index (χ3n) is 4.35. The van der Waals surface area contributed by atoms with Crippen molar-refractivity contribution in [2.45, 2.75) is 26.3 Å². The van der Waals surface area contributed by atoms with Crippen molar-refractivity contribution in [2.75, 3.05) is 6.54 Å². The Bertz CT molecular complexity index is 904. The molecule has 1 atom stereocenters. The zero-order valence-electron chi connectivity index (χ0n) is 16.0. The summed E-state index contributed by atoms with van der Waals surface area (Å²) in [7, 11) is 0. The van der Waals surface area contributed by atoms with Crippen LogP contribution < -0.4 is 10.6 Å². The van der Waals surface area contributed by atoms with E-state index in [1.807, 2.05) is 66.5 Å². The predicted octanol–water partition coefficient (Wildman–Crippen LogP) is 3.05. The Morgan fingerprint density at radius 1 is 1.14 bits per heavy atom. The molecule has 0 aliphatic rings. The number of thiophene rings is 1. The van der Waals surface area contributed by atoms with Crippen molar-refractivity contribution in [2.24, 2.45) is 5.92 Å². The van der Waals surface area contributed by atoms with E-state index in [0.717, 1.165) is 11.3 Å². The van der Waals surface area contributed by atoms with Crippen LogP contribution in [0, 0.1) is 5.92 Å². The van der Waals surface area contributed by atoms with Gasteiger partial charge in [0.2, 0.25) is 5.91 Å². The number of para-hydroxylation sites is 1. The SMILES string of the molecule is CC(C)C(NC(=O)c1cccs1)C(=O)NCCc1cnn(-c2ccccc2)c1. The van der Waals surface area contributed by atoms with Crippen LogP contribution in [0.25, 0.3) is 5.69 Å². The normalized spacial score (nSPS) is 12.0. The van der Waals surface area contributed by atoms with Gasteiger partial charge in [0.25, 0.3) is 5.91 Å². The van der Waals surface area contributed by atoms with Gasteiger partial charge in [0.05, 0.1) is 16.8 Å². The van der Waals surface area contributed by atoms with E-state index in [4.69, 9.17) is 0 Å². The molecule has 0 fully saturated rings.